The molecule has 1 aliphatic heterocycles. The SMILES string of the molecule is CC(C)C(C)(O)CN1CCN(c2ccc(Cl)cc2Cl)[C@H](c2ccc(Cl)cc2)C1. The molecule has 0 amide bonds. The Kier molecular flexibility index (Phi) is 6.84. The highest BCUT2D eigenvalue weighted by atomic mass is 35.5. The number of benzene rings is 2. The summed E-state index contributed by atoms with van der Waals surface area (Å²) in [5.74, 6) is 0.185. The number of hydrogen-bond donors (Lipinski definition) is 1. The molecular weight excluding hydrogens is 415 g/mol. The number of halogens is 3. The van der Waals surface area contributed by atoms with Gasteiger partial charge in [0.2, 0.25) is 0 Å². The topological polar surface area (TPSA) is 26.7 Å². The van der Waals surface area contributed by atoms with Gasteiger partial charge >= 0.3 is 0 Å². The third kappa shape index (κ3) is 4.95. The Labute approximate surface area is 182 Å². The minimum Gasteiger partial charge on any atom is -0.389 e. The Bertz CT molecular complexity index is 808. The maximum atomic E-state index is 10.8. The summed E-state index contributed by atoms with van der Waals surface area (Å²) >= 11 is 18.7. The molecule has 2 aromatic rings. The number of rotatable bonds is 5. The molecule has 2 aromatic carbocycles. The molecule has 1 unspecified atom stereocenters. The third-order valence-corrected chi connectivity index (χ3v) is 6.52. The molecule has 6 heteroatoms. The van der Waals surface area contributed by atoms with Gasteiger partial charge in [-0.3, -0.25) is 4.90 Å². The minimum atomic E-state index is -0.732. The lowest BCUT2D eigenvalue weighted by Gasteiger charge is -2.45. The molecule has 0 saturated carbocycles. The van der Waals surface area contributed by atoms with E-state index in [9.17, 15) is 5.11 Å². The van der Waals surface area contributed by atoms with Crippen molar-refractivity contribution in [3.8, 4) is 0 Å². The normalized spacial score (nSPS) is 20.4. The number of hydrogen-bond acceptors (Lipinski definition) is 3. The van der Waals surface area contributed by atoms with Crippen LogP contribution in [0.15, 0.2) is 42.5 Å². The predicted molar refractivity (Wildman–Crippen MR) is 120 cm³/mol. The Hall–Kier alpha value is -0.970. The fraction of sp³-hybridized carbons (Fsp3) is 0.455. The first-order valence-electron chi connectivity index (χ1n) is 9.59. The van der Waals surface area contributed by atoms with Crippen molar-refractivity contribution in [1.82, 2.24) is 4.90 Å². The van der Waals surface area contributed by atoms with Gasteiger partial charge in [0.25, 0.3) is 0 Å². The second-order valence-electron chi connectivity index (χ2n) is 8.10. The number of anilines is 1. The van der Waals surface area contributed by atoms with Crippen molar-refractivity contribution in [1.29, 1.82) is 0 Å². The standard InChI is InChI=1S/C22H27Cl3N2O/c1-15(2)22(3,28)14-26-10-11-27(20-9-8-18(24)12-19(20)25)21(13-26)16-4-6-17(23)7-5-16/h4-9,12,15,21,28H,10-11,13-14H2,1-3H3/t21-,22?/m0/s1. The van der Waals surface area contributed by atoms with Gasteiger partial charge in [-0.2, -0.15) is 0 Å². The largest absolute Gasteiger partial charge is 0.389 e. The summed E-state index contributed by atoms with van der Waals surface area (Å²) < 4.78 is 0. The van der Waals surface area contributed by atoms with Crippen LogP contribution in [0.1, 0.15) is 32.4 Å². The summed E-state index contributed by atoms with van der Waals surface area (Å²) in [4.78, 5) is 4.65. The van der Waals surface area contributed by atoms with Crippen LogP contribution in [0, 0.1) is 5.92 Å². The number of aliphatic hydroxyl groups is 1. The van der Waals surface area contributed by atoms with Crippen molar-refractivity contribution in [2.24, 2.45) is 5.92 Å². The monoisotopic (exact) mass is 440 g/mol. The van der Waals surface area contributed by atoms with Crippen molar-refractivity contribution in [3.63, 3.8) is 0 Å². The first-order chi connectivity index (χ1) is 13.2. The van der Waals surface area contributed by atoms with Gasteiger partial charge < -0.3 is 10.0 Å². The lowest BCUT2D eigenvalue weighted by molar-refractivity contribution is -0.0227. The molecule has 152 valence electrons. The molecule has 1 fully saturated rings. The molecule has 1 N–H and O–H groups in total. The van der Waals surface area contributed by atoms with E-state index in [-0.39, 0.29) is 12.0 Å². The fourth-order valence-corrected chi connectivity index (χ4v) is 4.23. The number of piperazine rings is 1. The molecule has 1 aliphatic rings. The molecular formula is C22H27Cl3N2O. The number of nitrogens with zero attached hydrogens (tertiary/aromatic N) is 2. The molecule has 0 aromatic heterocycles. The van der Waals surface area contributed by atoms with Crippen LogP contribution in [0.4, 0.5) is 5.69 Å². The first-order valence-corrected chi connectivity index (χ1v) is 10.7. The van der Waals surface area contributed by atoms with E-state index in [1.165, 1.54) is 5.56 Å². The molecule has 3 rings (SSSR count). The highest BCUT2D eigenvalue weighted by molar-refractivity contribution is 6.36. The average Bonchev–Trinajstić information content (AvgIpc) is 2.62. The van der Waals surface area contributed by atoms with Crippen LogP contribution < -0.4 is 4.90 Å². The van der Waals surface area contributed by atoms with Gasteiger partial charge in [0.05, 0.1) is 22.4 Å². The van der Waals surface area contributed by atoms with Crippen LogP contribution in [-0.4, -0.2) is 41.8 Å². The first kappa shape index (κ1) is 21.7. The second-order valence-corrected chi connectivity index (χ2v) is 9.38. The van der Waals surface area contributed by atoms with E-state index in [4.69, 9.17) is 34.8 Å². The molecule has 0 spiro atoms. The number of β-amino-alcohol motifs (C(OH)–C–C–N with tert-alkyl or cyclic N) is 1. The lowest BCUT2D eigenvalue weighted by atomic mass is 9.91. The zero-order valence-corrected chi connectivity index (χ0v) is 18.8. The Morgan fingerprint density at radius 1 is 1.04 bits per heavy atom. The summed E-state index contributed by atoms with van der Waals surface area (Å²) in [6.45, 7) is 9.12. The van der Waals surface area contributed by atoms with Crippen LogP contribution in [-0.2, 0) is 0 Å². The van der Waals surface area contributed by atoms with Crippen LogP contribution in [0.5, 0.6) is 0 Å². The maximum Gasteiger partial charge on any atom is 0.0768 e. The Morgan fingerprint density at radius 2 is 1.68 bits per heavy atom. The van der Waals surface area contributed by atoms with Crippen molar-refractivity contribution >= 4 is 40.5 Å². The zero-order chi connectivity index (χ0) is 20.5. The molecule has 3 nitrogen and oxygen atoms in total. The molecule has 28 heavy (non-hydrogen) atoms. The smallest absolute Gasteiger partial charge is 0.0768 e. The quantitative estimate of drug-likeness (QED) is 0.624. The van der Waals surface area contributed by atoms with Crippen molar-refractivity contribution in [2.45, 2.75) is 32.4 Å². The van der Waals surface area contributed by atoms with E-state index in [0.717, 1.165) is 30.3 Å². The van der Waals surface area contributed by atoms with Gasteiger partial charge in [-0.15, -0.1) is 0 Å². The average molecular weight is 442 g/mol. The molecule has 0 radical (unpaired) electrons. The molecule has 2 atom stereocenters. The highest BCUT2D eigenvalue weighted by Gasteiger charge is 2.34. The molecule has 1 saturated heterocycles. The van der Waals surface area contributed by atoms with Gasteiger partial charge in [-0.1, -0.05) is 60.8 Å². The van der Waals surface area contributed by atoms with Crippen LogP contribution in [0.2, 0.25) is 15.1 Å². The fourth-order valence-electron chi connectivity index (χ4n) is 3.59. The van der Waals surface area contributed by atoms with E-state index >= 15 is 0 Å². The minimum absolute atomic E-state index is 0.104. The van der Waals surface area contributed by atoms with E-state index < -0.39 is 5.60 Å². The summed E-state index contributed by atoms with van der Waals surface area (Å²) in [7, 11) is 0. The van der Waals surface area contributed by atoms with Crippen LogP contribution in [0.25, 0.3) is 0 Å². The predicted octanol–water partition coefficient (Wildman–Crippen LogP) is 5.92. The van der Waals surface area contributed by atoms with Crippen molar-refractivity contribution in [2.75, 3.05) is 31.1 Å². The molecule has 0 bridgehead atoms. The van der Waals surface area contributed by atoms with Gasteiger partial charge in [0.1, 0.15) is 0 Å². The summed E-state index contributed by atoms with van der Waals surface area (Å²) in [5.41, 5.74) is 1.41. The van der Waals surface area contributed by atoms with E-state index in [2.05, 4.69) is 35.8 Å². The summed E-state index contributed by atoms with van der Waals surface area (Å²) in [5, 5.41) is 12.8. The van der Waals surface area contributed by atoms with E-state index in [1.807, 2.05) is 31.2 Å². The highest BCUT2D eigenvalue weighted by Crippen LogP contribution is 2.37. The second kappa shape index (κ2) is 8.81. The van der Waals surface area contributed by atoms with Crippen molar-refractivity contribution in [3.05, 3.63) is 63.1 Å². The maximum absolute atomic E-state index is 10.8. The van der Waals surface area contributed by atoms with Crippen LogP contribution in [0.3, 0.4) is 0 Å². The van der Waals surface area contributed by atoms with E-state index in [0.29, 0.717) is 16.6 Å². The van der Waals surface area contributed by atoms with E-state index in [1.54, 1.807) is 6.07 Å². The lowest BCUT2D eigenvalue weighted by Crippen LogP contribution is -2.53. The molecule has 1 heterocycles. The van der Waals surface area contributed by atoms with Gasteiger partial charge in [0, 0.05) is 36.2 Å². The zero-order valence-electron chi connectivity index (χ0n) is 16.5. The third-order valence-electron chi connectivity index (χ3n) is 5.73. The Balaban J connectivity index is 1.91. The summed E-state index contributed by atoms with van der Waals surface area (Å²) in [6, 6.07) is 13.7. The summed E-state index contributed by atoms with van der Waals surface area (Å²) in [6.07, 6.45) is 0. The van der Waals surface area contributed by atoms with Gasteiger partial charge in [-0.25, -0.2) is 0 Å². The van der Waals surface area contributed by atoms with Gasteiger partial charge in [-0.05, 0) is 48.7 Å². The Morgan fingerprint density at radius 3 is 2.29 bits per heavy atom. The van der Waals surface area contributed by atoms with Crippen molar-refractivity contribution < 1.29 is 5.11 Å². The molecule has 0 aliphatic carbocycles. The van der Waals surface area contributed by atoms with Crippen LogP contribution >= 0.6 is 34.8 Å². The van der Waals surface area contributed by atoms with Gasteiger partial charge in [0.15, 0.2) is 0 Å².